The fourth-order valence-electron chi connectivity index (χ4n) is 1.35. The fourth-order valence-corrected chi connectivity index (χ4v) is 2.26. The maximum absolute atomic E-state index is 6.05. The highest BCUT2D eigenvalue weighted by molar-refractivity contribution is 7.19. The number of aromatic nitrogens is 1. The summed E-state index contributed by atoms with van der Waals surface area (Å²) in [5.74, 6) is 0. The zero-order valence-electron chi connectivity index (χ0n) is 9.44. The molecule has 0 radical (unpaired) electrons. The summed E-state index contributed by atoms with van der Waals surface area (Å²) in [6.45, 7) is 3.79. The Morgan fingerprint density at radius 3 is 2.65 bits per heavy atom. The third-order valence-electron chi connectivity index (χ3n) is 2.22. The van der Waals surface area contributed by atoms with Gasteiger partial charge in [-0.05, 0) is 25.5 Å². The molecule has 0 bridgehead atoms. The molecule has 1 heterocycles. The smallest absolute Gasteiger partial charge is 0.182 e. The number of aryl methyl sites for hydroxylation is 2. The first kappa shape index (κ1) is 12.0. The van der Waals surface area contributed by atoms with E-state index in [1.54, 1.807) is 6.07 Å². The predicted molar refractivity (Wildman–Crippen MR) is 71.6 cm³/mol. The molecule has 0 saturated heterocycles. The first-order valence-electron chi connectivity index (χ1n) is 4.97. The van der Waals surface area contributed by atoms with Crippen molar-refractivity contribution in [3.05, 3.63) is 34.5 Å². The molecule has 6 heteroatoms. The van der Waals surface area contributed by atoms with Crippen LogP contribution < -0.4 is 5.73 Å². The minimum Gasteiger partial charge on any atom is -0.375 e. The number of anilines is 1. The number of azo groups is 1. The summed E-state index contributed by atoms with van der Waals surface area (Å²) in [6.07, 6.45) is 0. The van der Waals surface area contributed by atoms with Gasteiger partial charge in [-0.3, -0.25) is 0 Å². The van der Waals surface area contributed by atoms with Gasteiger partial charge in [-0.2, -0.15) is 0 Å². The second-order valence-corrected chi connectivity index (χ2v) is 4.96. The van der Waals surface area contributed by atoms with Gasteiger partial charge in [0.05, 0.1) is 10.7 Å². The van der Waals surface area contributed by atoms with Crippen molar-refractivity contribution in [3.63, 3.8) is 0 Å². The van der Waals surface area contributed by atoms with Gasteiger partial charge in [0.1, 0.15) is 5.69 Å². The van der Waals surface area contributed by atoms with Crippen LogP contribution in [0.4, 0.5) is 15.8 Å². The number of nitrogens with zero attached hydrogens (tertiary/aromatic N) is 3. The van der Waals surface area contributed by atoms with E-state index in [4.69, 9.17) is 17.3 Å². The zero-order valence-corrected chi connectivity index (χ0v) is 11.0. The Hall–Kier alpha value is -1.46. The van der Waals surface area contributed by atoms with Crippen molar-refractivity contribution in [2.75, 3.05) is 5.73 Å². The largest absolute Gasteiger partial charge is 0.375 e. The SMILES string of the molecule is Cc1cccc(Cl)c1N=Nc1sc(N)nc1C. The number of hydrogen-bond acceptors (Lipinski definition) is 5. The quantitative estimate of drug-likeness (QED) is 0.818. The molecule has 0 spiro atoms. The molecule has 0 fully saturated rings. The lowest BCUT2D eigenvalue weighted by Gasteiger charge is -1.99. The number of benzene rings is 1. The van der Waals surface area contributed by atoms with Gasteiger partial charge < -0.3 is 5.73 Å². The Balaban J connectivity index is 2.35. The van der Waals surface area contributed by atoms with E-state index in [0.29, 0.717) is 20.8 Å². The van der Waals surface area contributed by atoms with E-state index in [0.717, 1.165) is 11.3 Å². The molecule has 0 saturated carbocycles. The van der Waals surface area contributed by atoms with Crippen molar-refractivity contribution < 1.29 is 0 Å². The molecule has 0 unspecified atom stereocenters. The average molecular weight is 267 g/mol. The average Bonchev–Trinajstić information content (AvgIpc) is 2.57. The van der Waals surface area contributed by atoms with Crippen molar-refractivity contribution >= 4 is 38.8 Å². The van der Waals surface area contributed by atoms with Crippen LogP contribution in [0.15, 0.2) is 28.4 Å². The van der Waals surface area contributed by atoms with Gasteiger partial charge in [0, 0.05) is 0 Å². The highest BCUT2D eigenvalue weighted by Gasteiger charge is 2.05. The Morgan fingerprint density at radius 2 is 2.06 bits per heavy atom. The normalized spacial score (nSPS) is 11.2. The van der Waals surface area contributed by atoms with Gasteiger partial charge in [-0.1, -0.05) is 35.1 Å². The van der Waals surface area contributed by atoms with Gasteiger partial charge in [0.2, 0.25) is 0 Å². The van der Waals surface area contributed by atoms with E-state index >= 15 is 0 Å². The molecule has 2 rings (SSSR count). The monoisotopic (exact) mass is 266 g/mol. The number of rotatable bonds is 2. The first-order valence-corrected chi connectivity index (χ1v) is 6.17. The molecule has 4 nitrogen and oxygen atoms in total. The van der Waals surface area contributed by atoms with Crippen molar-refractivity contribution in [2.45, 2.75) is 13.8 Å². The van der Waals surface area contributed by atoms with E-state index < -0.39 is 0 Å². The summed E-state index contributed by atoms with van der Waals surface area (Å²) < 4.78 is 0. The molecule has 0 aliphatic heterocycles. The molecule has 88 valence electrons. The summed E-state index contributed by atoms with van der Waals surface area (Å²) in [4.78, 5) is 4.08. The Morgan fingerprint density at radius 1 is 1.29 bits per heavy atom. The molecule has 1 aromatic heterocycles. The van der Waals surface area contributed by atoms with Crippen LogP contribution in [0, 0.1) is 13.8 Å². The second-order valence-electron chi connectivity index (χ2n) is 3.55. The minimum absolute atomic E-state index is 0.493. The van der Waals surface area contributed by atoms with Crippen LogP contribution in [-0.2, 0) is 0 Å². The highest BCUT2D eigenvalue weighted by Crippen LogP contribution is 2.33. The highest BCUT2D eigenvalue weighted by atomic mass is 35.5. The molecule has 0 amide bonds. The third-order valence-corrected chi connectivity index (χ3v) is 3.39. The Bertz CT molecular complexity index is 557. The summed E-state index contributed by atoms with van der Waals surface area (Å²) in [7, 11) is 0. The van der Waals surface area contributed by atoms with Gasteiger partial charge in [0.15, 0.2) is 10.1 Å². The molecule has 1 aromatic carbocycles. The molecule has 0 aliphatic rings. The van der Waals surface area contributed by atoms with Gasteiger partial charge in [-0.15, -0.1) is 10.2 Å². The van der Waals surface area contributed by atoms with Crippen LogP contribution in [0.3, 0.4) is 0 Å². The van der Waals surface area contributed by atoms with Crippen LogP contribution >= 0.6 is 22.9 Å². The van der Waals surface area contributed by atoms with E-state index in [1.807, 2.05) is 26.0 Å². The summed E-state index contributed by atoms with van der Waals surface area (Å²) >= 11 is 7.36. The van der Waals surface area contributed by atoms with Crippen LogP contribution in [0.1, 0.15) is 11.3 Å². The van der Waals surface area contributed by atoms with Crippen LogP contribution in [0.25, 0.3) is 0 Å². The second kappa shape index (κ2) is 4.81. The number of hydrogen-bond donors (Lipinski definition) is 1. The van der Waals surface area contributed by atoms with Crippen molar-refractivity contribution in [1.29, 1.82) is 0 Å². The third kappa shape index (κ3) is 2.62. The van der Waals surface area contributed by atoms with Gasteiger partial charge in [0.25, 0.3) is 0 Å². The molecule has 0 aliphatic carbocycles. The lowest BCUT2D eigenvalue weighted by molar-refractivity contribution is 1.18. The fraction of sp³-hybridized carbons (Fsp3) is 0.182. The number of halogens is 1. The van der Waals surface area contributed by atoms with Crippen molar-refractivity contribution in [3.8, 4) is 0 Å². The lowest BCUT2D eigenvalue weighted by atomic mass is 10.2. The molecular weight excluding hydrogens is 256 g/mol. The predicted octanol–water partition coefficient (Wildman–Crippen LogP) is 4.41. The van der Waals surface area contributed by atoms with E-state index in [1.165, 1.54) is 11.3 Å². The lowest BCUT2D eigenvalue weighted by Crippen LogP contribution is -1.80. The van der Waals surface area contributed by atoms with Crippen molar-refractivity contribution in [1.82, 2.24) is 4.98 Å². The molecular formula is C11H11ClN4S. The van der Waals surface area contributed by atoms with Crippen molar-refractivity contribution in [2.24, 2.45) is 10.2 Å². The molecule has 0 atom stereocenters. The minimum atomic E-state index is 0.493. The first-order chi connectivity index (χ1) is 8.08. The molecule has 2 aromatic rings. The summed E-state index contributed by atoms with van der Waals surface area (Å²) in [6, 6.07) is 5.61. The van der Waals surface area contributed by atoms with E-state index in [2.05, 4.69) is 15.2 Å². The molecule has 17 heavy (non-hydrogen) atoms. The summed E-state index contributed by atoms with van der Waals surface area (Å²) in [5.41, 5.74) is 8.03. The van der Waals surface area contributed by atoms with Gasteiger partial charge in [-0.25, -0.2) is 4.98 Å². The van der Waals surface area contributed by atoms with E-state index in [-0.39, 0.29) is 0 Å². The Kier molecular flexibility index (Phi) is 3.40. The Labute approximate surface area is 108 Å². The van der Waals surface area contributed by atoms with Crippen LogP contribution in [-0.4, -0.2) is 4.98 Å². The maximum atomic E-state index is 6.05. The number of nitrogens with two attached hydrogens (primary N) is 1. The zero-order chi connectivity index (χ0) is 12.4. The standard InChI is InChI=1S/C11H11ClN4S/c1-6-4-3-5-8(12)9(6)15-16-10-7(2)14-11(13)17-10/h3-5H,1-2H3,(H2,13,14). The van der Waals surface area contributed by atoms with Crippen LogP contribution in [0.2, 0.25) is 5.02 Å². The number of nitrogen functional groups attached to an aromatic ring is 1. The number of thiazole rings is 1. The van der Waals surface area contributed by atoms with Gasteiger partial charge >= 0.3 is 0 Å². The molecule has 2 N–H and O–H groups in total. The van der Waals surface area contributed by atoms with Crippen LogP contribution in [0.5, 0.6) is 0 Å². The summed E-state index contributed by atoms with van der Waals surface area (Å²) in [5, 5.41) is 10.1. The maximum Gasteiger partial charge on any atom is 0.182 e. The topological polar surface area (TPSA) is 63.6 Å². The van der Waals surface area contributed by atoms with E-state index in [9.17, 15) is 0 Å².